The zero-order valence-corrected chi connectivity index (χ0v) is 11.7. The molecule has 0 bridgehead atoms. The standard InChI is InChI=1S/C13H19FN2O.ClH/c1-13(2,3)11(15)12(17)16-8-9-5-4-6-10(14)7-9;/h4-7,11H,8,15H2,1-3H3,(H,16,17);1H/t11-;/m1./s1. The van der Waals surface area contributed by atoms with Gasteiger partial charge in [0, 0.05) is 6.54 Å². The summed E-state index contributed by atoms with van der Waals surface area (Å²) in [5.74, 6) is -0.529. The average Bonchev–Trinajstić information content (AvgIpc) is 2.23. The quantitative estimate of drug-likeness (QED) is 0.888. The van der Waals surface area contributed by atoms with Crippen LogP contribution in [0.15, 0.2) is 24.3 Å². The second kappa shape index (κ2) is 6.71. The number of hydrogen-bond donors (Lipinski definition) is 2. The van der Waals surface area contributed by atoms with Crippen LogP contribution in [0.3, 0.4) is 0 Å². The minimum absolute atomic E-state index is 0. The molecule has 1 amide bonds. The molecule has 0 aliphatic rings. The van der Waals surface area contributed by atoms with E-state index in [2.05, 4.69) is 5.32 Å². The highest BCUT2D eigenvalue weighted by molar-refractivity contribution is 5.85. The van der Waals surface area contributed by atoms with Gasteiger partial charge in [-0.25, -0.2) is 4.39 Å². The van der Waals surface area contributed by atoms with Crippen molar-refractivity contribution in [3.05, 3.63) is 35.6 Å². The molecule has 0 saturated heterocycles. The number of benzene rings is 1. The van der Waals surface area contributed by atoms with E-state index in [4.69, 9.17) is 5.73 Å². The Morgan fingerprint density at radius 3 is 2.56 bits per heavy atom. The topological polar surface area (TPSA) is 55.1 Å². The van der Waals surface area contributed by atoms with E-state index >= 15 is 0 Å². The molecule has 3 nitrogen and oxygen atoms in total. The van der Waals surface area contributed by atoms with Crippen LogP contribution < -0.4 is 11.1 Å². The third-order valence-electron chi connectivity index (χ3n) is 2.57. The van der Waals surface area contributed by atoms with Gasteiger partial charge in [-0.05, 0) is 23.1 Å². The molecule has 1 atom stereocenters. The Morgan fingerprint density at radius 2 is 2.06 bits per heavy atom. The fourth-order valence-corrected chi connectivity index (χ4v) is 1.34. The van der Waals surface area contributed by atoms with E-state index in [9.17, 15) is 9.18 Å². The van der Waals surface area contributed by atoms with Gasteiger partial charge in [0.05, 0.1) is 6.04 Å². The van der Waals surface area contributed by atoms with Gasteiger partial charge < -0.3 is 11.1 Å². The summed E-state index contributed by atoms with van der Waals surface area (Å²) in [7, 11) is 0. The summed E-state index contributed by atoms with van der Waals surface area (Å²) in [4.78, 5) is 11.7. The van der Waals surface area contributed by atoms with E-state index < -0.39 is 6.04 Å². The lowest BCUT2D eigenvalue weighted by Crippen LogP contribution is -2.48. The Labute approximate surface area is 113 Å². The summed E-state index contributed by atoms with van der Waals surface area (Å²) in [6.45, 7) is 6.00. The predicted molar refractivity (Wildman–Crippen MR) is 72.9 cm³/mol. The molecule has 0 aromatic heterocycles. The molecular weight excluding hydrogens is 255 g/mol. The fraction of sp³-hybridized carbons (Fsp3) is 0.462. The second-order valence-electron chi connectivity index (χ2n) is 5.19. The predicted octanol–water partition coefficient (Wildman–Crippen LogP) is 2.24. The first-order valence-electron chi connectivity index (χ1n) is 5.58. The largest absolute Gasteiger partial charge is 0.351 e. The molecule has 1 rings (SSSR count). The number of carbonyl (C=O) groups is 1. The monoisotopic (exact) mass is 274 g/mol. The molecule has 5 heteroatoms. The lowest BCUT2D eigenvalue weighted by molar-refractivity contribution is -0.124. The molecule has 18 heavy (non-hydrogen) atoms. The van der Waals surface area contributed by atoms with Crippen LogP contribution in [-0.2, 0) is 11.3 Å². The molecule has 102 valence electrons. The van der Waals surface area contributed by atoms with Gasteiger partial charge in [0.2, 0.25) is 5.91 Å². The normalized spacial score (nSPS) is 12.5. The summed E-state index contributed by atoms with van der Waals surface area (Å²) < 4.78 is 12.9. The van der Waals surface area contributed by atoms with Crippen LogP contribution in [0, 0.1) is 11.2 Å². The van der Waals surface area contributed by atoms with E-state index in [0.29, 0.717) is 6.54 Å². The third-order valence-corrected chi connectivity index (χ3v) is 2.57. The maximum atomic E-state index is 12.9. The minimum atomic E-state index is -0.573. The van der Waals surface area contributed by atoms with Crippen molar-refractivity contribution in [2.45, 2.75) is 33.4 Å². The van der Waals surface area contributed by atoms with Crippen molar-refractivity contribution in [3.8, 4) is 0 Å². The van der Waals surface area contributed by atoms with Gasteiger partial charge in [-0.1, -0.05) is 32.9 Å². The van der Waals surface area contributed by atoms with Crippen molar-refractivity contribution in [3.63, 3.8) is 0 Å². The Kier molecular flexibility index (Phi) is 6.29. The van der Waals surface area contributed by atoms with E-state index in [1.165, 1.54) is 12.1 Å². The first-order chi connectivity index (χ1) is 7.80. The maximum absolute atomic E-state index is 12.9. The average molecular weight is 275 g/mol. The van der Waals surface area contributed by atoms with Gasteiger partial charge in [0.15, 0.2) is 0 Å². The summed E-state index contributed by atoms with van der Waals surface area (Å²) in [5, 5.41) is 2.70. The first-order valence-corrected chi connectivity index (χ1v) is 5.58. The van der Waals surface area contributed by atoms with Gasteiger partial charge in [-0.15, -0.1) is 12.4 Å². The summed E-state index contributed by atoms with van der Waals surface area (Å²) >= 11 is 0. The summed E-state index contributed by atoms with van der Waals surface area (Å²) in [5.41, 5.74) is 6.24. The number of hydrogen-bond acceptors (Lipinski definition) is 2. The van der Waals surface area contributed by atoms with Crippen molar-refractivity contribution < 1.29 is 9.18 Å². The maximum Gasteiger partial charge on any atom is 0.237 e. The minimum Gasteiger partial charge on any atom is -0.351 e. The van der Waals surface area contributed by atoms with Gasteiger partial charge in [-0.3, -0.25) is 4.79 Å². The summed E-state index contributed by atoms with van der Waals surface area (Å²) in [6, 6.07) is 5.55. The van der Waals surface area contributed by atoms with E-state index in [-0.39, 0.29) is 29.5 Å². The Hall–Kier alpha value is -1.13. The van der Waals surface area contributed by atoms with E-state index in [1.807, 2.05) is 20.8 Å². The van der Waals surface area contributed by atoms with E-state index in [1.54, 1.807) is 12.1 Å². The molecule has 0 fully saturated rings. The molecule has 0 aliphatic carbocycles. The Morgan fingerprint density at radius 1 is 1.44 bits per heavy atom. The highest BCUT2D eigenvalue weighted by Gasteiger charge is 2.26. The van der Waals surface area contributed by atoms with Crippen LogP contribution in [0.5, 0.6) is 0 Å². The lowest BCUT2D eigenvalue weighted by atomic mass is 9.87. The first kappa shape index (κ1) is 16.9. The van der Waals surface area contributed by atoms with Crippen LogP contribution in [-0.4, -0.2) is 11.9 Å². The van der Waals surface area contributed by atoms with Crippen LogP contribution >= 0.6 is 12.4 Å². The zero-order chi connectivity index (χ0) is 13.1. The van der Waals surface area contributed by atoms with Gasteiger partial charge in [-0.2, -0.15) is 0 Å². The van der Waals surface area contributed by atoms with Crippen molar-refractivity contribution in [1.29, 1.82) is 0 Å². The molecule has 0 radical (unpaired) electrons. The highest BCUT2D eigenvalue weighted by atomic mass is 35.5. The van der Waals surface area contributed by atoms with Gasteiger partial charge in [0.25, 0.3) is 0 Å². The highest BCUT2D eigenvalue weighted by Crippen LogP contribution is 2.17. The van der Waals surface area contributed by atoms with Crippen LogP contribution in [0.4, 0.5) is 4.39 Å². The second-order valence-corrected chi connectivity index (χ2v) is 5.19. The lowest BCUT2D eigenvalue weighted by Gasteiger charge is -2.25. The summed E-state index contributed by atoms with van der Waals surface area (Å²) in [6.07, 6.45) is 0. The molecule has 3 N–H and O–H groups in total. The SMILES string of the molecule is CC(C)(C)[C@H](N)C(=O)NCc1cccc(F)c1.Cl. The van der Waals surface area contributed by atoms with Crippen molar-refractivity contribution in [2.75, 3.05) is 0 Å². The van der Waals surface area contributed by atoms with Crippen molar-refractivity contribution in [1.82, 2.24) is 5.32 Å². The third kappa shape index (κ3) is 5.02. The van der Waals surface area contributed by atoms with Gasteiger partial charge >= 0.3 is 0 Å². The zero-order valence-electron chi connectivity index (χ0n) is 10.9. The molecule has 0 unspecified atom stereocenters. The van der Waals surface area contributed by atoms with Gasteiger partial charge in [0.1, 0.15) is 5.82 Å². The number of halogens is 2. The number of amides is 1. The smallest absolute Gasteiger partial charge is 0.237 e. The fourth-order valence-electron chi connectivity index (χ4n) is 1.34. The molecule has 0 aliphatic heterocycles. The van der Waals surface area contributed by atoms with Crippen molar-refractivity contribution in [2.24, 2.45) is 11.1 Å². The molecule has 0 spiro atoms. The molecule has 1 aromatic rings. The van der Waals surface area contributed by atoms with E-state index in [0.717, 1.165) is 5.56 Å². The number of carbonyl (C=O) groups excluding carboxylic acids is 1. The Balaban J connectivity index is 0.00000289. The van der Waals surface area contributed by atoms with Crippen molar-refractivity contribution >= 4 is 18.3 Å². The number of nitrogens with one attached hydrogen (secondary N) is 1. The number of nitrogens with two attached hydrogens (primary N) is 1. The van der Waals surface area contributed by atoms with Crippen LogP contribution in [0.1, 0.15) is 26.3 Å². The molecule has 0 heterocycles. The van der Waals surface area contributed by atoms with Crippen LogP contribution in [0.2, 0.25) is 0 Å². The van der Waals surface area contributed by atoms with Crippen LogP contribution in [0.25, 0.3) is 0 Å². The molecular formula is C13H20ClFN2O. The molecule has 0 saturated carbocycles. The molecule has 1 aromatic carbocycles. The number of rotatable bonds is 3. The Bertz CT molecular complexity index is 404.